The first kappa shape index (κ1) is 21.4. The van der Waals surface area contributed by atoms with Crippen LogP contribution in [0.2, 0.25) is 0 Å². The lowest BCUT2D eigenvalue weighted by molar-refractivity contribution is -0.142. The minimum atomic E-state index is -1.25. The lowest BCUT2D eigenvalue weighted by atomic mass is 9.54. The Morgan fingerprint density at radius 3 is 1.65 bits per heavy atom. The van der Waals surface area contributed by atoms with E-state index in [0.29, 0.717) is 5.69 Å². The Balaban J connectivity index is 1.43. The number of nitrogens with zero attached hydrogens (tertiary/aromatic N) is 1. The fourth-order valence-corrected chi connectivity index (χ4v) is 7.02. The van der Waals surface area contributed by atoms with Crippen LogP contribution in [-0.2, 0) is 24.1 Å². The van der Waals surface area contributed by atoms with Crippen molar-refractivity contribution in [2.24, 2.45) is 11.8 Å². The smallest absolute Gasteiger partial charge is 0.244 e. The van der Waals surface area contributed by atoms with Gasteiger partial charge in [0.2, 0.25) is 17.7 Å². The lowest BCUT2D eigenvalue weighted by Gasteiger charge is -2.54. The van der Waals surface area contributed by atoms with E-state index >= 15 is 0 Å². The van der Waals surface area contributed by atoms with Crippen molar-refractivity contribution < 1.29 is 14.4 Å². The number of carbonyl (C=O) groups is 3. The molecule has 0 unspecified atom stereocenters. The van der Waals surface area contributed by atoms with Crippen molar-refractivity contribution in [2.45, 2.75) is 16.7 Å². The van der Waals surface area contributed by atoms with Gasteiger partial charge in [0.1, 0.15) is 16.3 Å². The highest BCUT2D eigenvalue weighted by Gasteiger charge is 2.73. The predicted octanol–water partition coefficient (Wildman–Crippen LogP) is 4.53. The molecule has 7 heteroatoms. The third-order valence-electron chi connectivity index (χ3n) is 7.40. The second-order valence-electron chi connectivity index (χ2n) is 9.10. The predicted molar refractivity (Wildman–Crippen MR) is 130 cm³/mol. The molecule has 0 radical (unpaired) electrons. The Hall–Kier alpha value is -3.15. The molecule has 34 heavy (non-hydrogen) atoms. The maximum atomic E-state index is 13.7. The Morgan fingerprint density at radius 1 is 0.794 bits per heavy atom. The lowest BCUT2D eigenvalue weighted by Crippen LogP contribution is -2.57. The molecule has 1 heterocycles. The van der Waals surface area contributed by atoms with E-state index in [1.54, 1.807) is 6.07 Å². The summed E-state index contributed by atoms with van der Waals surface area (Å²) in [6.07, 6.45) is 0. The fourth-order valence-electron chi connectivity index (χ4n) is 5.93. The van der Waals surface area contributed by atoms with Gasteiger partial charge >= 0.3 is 0 Å². The molecule has 3 aromatic rings. The number of nitrogens with one attached hydrogen (secondary N) is 1. The van der Waals surface area contributed by atoms with Gasteiger partial charge in [-0.05, 0) is 40.8 Å². The number of anilines is 1. The number of halogens is 2. The van der Waals surface area contributed by atoms with E-state index in [4.69, 9.17) is 23.2 Å². The summed E-state index contributed by atoms with van der Waals surface area (Å²) in [5.41, 5.74) is 4.45. The van der Waals surface area contributed by atoms with Crippen molar-refractivity contribution in [3.63, 3.8) is 0 Å². The maximum absolute atomic E-state index is 13.7. The minimum Gasteiger partial charge on any atom is -0.324 e. The van der Waals surface area contributed by atoms with Crippen LogP contribution < -0.4 is 5.32 Å². The molecule has 3 amide bonds. The summed E-state index contributed by atoms with van der Waals surface area (Å²) < 4.78 is 0. The normalized spacial score (nSPS) is 28.4. The number of benzene rings is 3. The number of para-hydroxylation sites is 1. The molecule has 7 rings (SSSR count). The minimum absolute atomic E-state index is 0.397. The maximum Gasteiger partial charge on any atom is 0.244 e. The Bertz CT molecular complexity index is 1280. The molecule has 3 aliphatic carbocycles. The van der Waals surface area contributed by atoms with E-state index in [2.05, 4.69) is 5.32 Å². The van der Waals surface area contributed by atoms with Crippen molar-refractivity contribution in [1.82, 2.24) is 4.90 Å². The fraction of sp³-hybridized carbons (Fsp3) is 0.222. The average molecular weight is 491 g/mol. The third-order valence-corrected chi connectivity index (χ3v) is 8.68. The Labute approximate surface area is 206 Å². The van der Waals surface area contributed by atoms with Crippen molar-refractivity contribution in [1.29, 1.82) is 0 Å². The first-order chi connectivity index (χ1) is 16.3. The number of aryl methyl sites for hydroxylation is 1. The number of alkyl halides is 2. The van der Waals surface area contributed by atoms with Crippen LogP contribution in [0.5, 0.6) is 0 Å². The number of likely N-dealkylation sites (tertiary alicyclic amines) is 1. The summed E-state index contributed by atoms with van der Waals surface area (Å²) >= 11 is 14.8. The summed E-state index contributed by atoms with van der Waals surface area (Å²) in [4.78, 5) is 38.9. The summed E-state index contributed by atoms with van der Waals surface area (Å²) in [7, 11) is 0. The van der Waals surface area contributed by atoms with E-state index in [9.17, 15) is 14.4 Å². The molecule has 0 spiro atoms. The SMILES string of the molecule is Cc1ccccc1NC(=O)CN1C(=O)[C@H]2[C@H](C1=O)C1(Cl)c3ccccc3C2(Cl)c2ccccc21. The number of amides is 3. The van der Waals surface area contributed by atoms with E-state index in [0.717, 1.165) is 32.7 Å². The second kappa shape index (κ2) is 7.17. The van der Waals surface area contributed by atoms with Gasteiger partial charge in [0.05, 0.1) is 11.8 Å². The molecule has 2 bridgehead atoms. The van der Waals surface area contributed by atoms with E-state index < -0.39 is 45.9 Å². The highest BCUT2D eigenvalue weighted by atomic mass is 35.5. The van der Waals surface area contributed by atoms with Crippen molar-refractivity contribution >= 4 is 46.6 Å². The highest BCUT2D eigenvalue weighted by Crippen LogP contribution is 2.69. The number of hydrogen-bond acceptors (Lipinski definition) is 3. The first-order valence-electron chi connectivity index (χ1n) is 11.1. The monoisotopic (exact) mass is 490 g/mol. The van der Waals surface area contributed by atoms with Crippen molar-refractivity contribution in [2.75, 3.05) is 11.9 Å². The van der Waals surface area contributed by atoms with E-state index in [1.165, 1.54) is 0 Å². The van der Waals surface area contributed by atoms with Gasteiger partial charge in [-0.3, -0.25) is 19.3 Å². The van der Waals surface area contributed by atoms with Gasteiger partial charge in [-0.15, -0.1) is 23.2 Å². The molecule has 1 N–H and O–H groups in total. The van der Waals surface area contributed by atoms with Gasteiger partial charge in [-0.2, -0.15) is 0 Å². The summed E-state index contributed by atoms with van der Waals surface area (Å²) in [6.45, 7) is 1.47. The third kappa shape index (κ3) is 2.54. The molecule has 2 atom stereocenters. The summed E-state index contributed by atoms with van der Waals surface area (Å²) in [5, 5.41) is 2.80. The number of imide groups is 1. The first-order valence-corrected chi connectivity index (χ1v) is 11.8. The molecule has 0 aromatic heterocycles. The van der Waals surface area contributed by atoms with Gasteiger partial charge in [0.25, 0.3) is 0 Å². The largest absolute Gasteiger partial charge is 0.324 e. The van der Waals surface area contributed by atoms with Gasteiger partial charge < -0.3 is 5.32 Å². The van der Waals surface area contributed by atoms with Gasteiger partial charge in [0.15, 0.2) is 0 Å². The van der Waals surface area contributed by atoms with E-state index in [1.807, 2.05) is 73.7 Å². The number of rotatable bonds is 3. The molecular formula is C27H20Cl2N2O3. The van der Waals surface area contributed by atoms with Crippen LogP contribution in [0.15, 0.2) is 72.8 Å². The molecule has 3 aromatic carbocycles. The number of carbonyl (C=O) groups excluding carboxylic acids is 3. The highest BCUT2D eigenvalue weighted by molar-refractivity contribution is 6.36. The number of hydrogen-bond donors (Lipinski definition) is 1. The zero-order valence-electron chi connectivity index (χ0n) is 18.2. The van der Waals surface area contributed by atoms with Crippen LogP contribution in [0, 0.1) is 18.8 Å². The molecule has 4 aliphatic rings. The summed E-state index contributed by atoms with van der Waals surface area (Å²) in [5.74, 6) is -3.22. The van der Waals surface area contributed by atoms with Gasteiger partial charge in [-0.1, -0.05) is 66.7 Å². The molecule has 1 fully saturated rings. The molecular weight excluding hydrogens is 471 g/mol. The second-order valence-corrected chi connectivity index (χ2v) is 10.3. The van der Waals surface area contributed by atoms with Gasteiger partial charge in [-0.25, -0.2) is 0 Å². The molecule has 0 saturated carbocycles. The van der Waals surface area contributed by atoms with Crippen LogP contribution in [0.3, 0.4) is 0 Å². The molecule has 1 saturated heterocycles. The quantitative estimate of drug-likeness (QED) is 0.433. The summed E-state index contributed by atoms with van der Waals surface area (Å²) in [6, 6.07) is 22.2. The Morgan fingerprint density at radius 2 is 1.21 bits per heavy atom. The van der Waals surface area contributed by atoms with Gasteiger partial charge in [0, 0.05) is 5.69 Å². The van der Waals surface area contributed by atoms with E-state index in [-0.39, 0.29) is 0 Å². The zero-order valence-corrected chi connectivity index (χ0v) is 19.7. The van der Waals surface area contributed by atoms with Crippen LogP contribution in [0.1, 0.15) is 27.8 Å². The molecule has 5 nitrogen and oxygen atoms in total. The van der Waals surface area contributed by atoms with Crippen molar-refractivity contribution in [3.8, 4) is 0 Å². The zero-order chi connectivity index (χ0) is 23.8. The van der Waals surface area contributed by atoms with Crippen LogP contribution in [-0.4, -0.2) is 29.2 Å². The van der Waals surface area contributed by atoms with Crippen LogP contribution >= 0.6 is 23.2 Å². The Kier molecular flexibility index (Phi) is 4.51. The molecule has 1 aliphatic heterocycles. The van der Waals surface area contributed by atoms with Crippen LogP contribution in [0.4, 0.5) is 5.69 Å². The average Bonchev–Trinajstić information content (AvgIpc) is 3.10. The topological polar surface area (TPSA) is 66.5 Å². The molecule has 170 valence electrons. The van der Waals surface area contributed by atoms with Crippen molar-refractivity contribution in [3.05, 3.63) is 101 Å². The van der Waals surface area contributed by atoms with Crippen LogP contribution in [0.25, 0.3) is 0 Å². The standard InChI is InChI=1S/C27H20Cl2N2O3/c1-15-8-2-7-13-20(15)30-21(32)14-31-24(33)22-23(25(31)34)27(29)17-10-4-3-9-16(17)26(22,28)18-11-5-6-12-19(18)27/h2-13,22-23H,14H2,1H3,(H,30,32)/t22-,23-,26?,27?/m1/s1.